The van der Waals surface area contributed by atoms with Gasteiger partial charge in [0, 0.05) is 13.1 Å². The quantitative estimate of drug-likeness (QED) is 0.699. The first-order chi connectivity index (χ1) is 10.1. The molecule has 1 saturated heterocycles. The zero-order valence-corrected chi connectivity index (χ0v) is 14.9. The normalized spacial score (nSPS) is 18.0. The number of unbranched alkanes of at least 4 members (excludes halogenated alkanes) is 3. The van der Waals surface area contributed by atoms with Crippen molar-refractivity contribution in [2.75, 3.05) is 47.3 Å². The van der Waals surface area contributed by atoms with E-state index in [-0.39, 0.29) is 5.54 Å². The lowest BCUT2D eigenvalue weighted by Gasteiger charge is -2.37. The zero-order chi connectivity index (χ0) is 16.1. The number of piperidine rings is 1. The fourth-order valence-corrected chi connectivity index (χ4v) is 2.69. The summed E-state index contributed by atoms with van der Waals surface area (Å²) in [5.74, 6) is 0. The number of likely N-dealkylation sites (tertiary alicyclic amines) is 1. The second kappa shape index (κ2) is 12.0. The molecule has 0 spiro atoms. The van der Waals surface area contributed by atoms with Gasteiger partial charge in [-0.25, -0.2) is 0 Å². The SMILES string of the molecule is CC.CNC1(C#N)CCN(CCCCCCN(C)C)CC1. The molecule has 0 aliphatic carbocycles. The van der Waals surface area contributed by atoms with Gasteiger partial charge in [0.2, 0.25) is 0 Å². The van der Waals surface area contributed by atoms with Crippen molar-refractivity contribution in [2.45, 2.75) is 57.9 Å². The van der Waals surface area contributed by atoms with E-state index in [1.807, 2.05) is 20.9 Å². The summed E-state index contributed by atoms with van der Waals surface area (Å²) >= 11 is 0. The van der Waals surface area contributed by atoms with Gasteiger partial charge in [-0.1, -0.05) is 26.7 Å². The predicted molar refractivity (Wildman–Crippen MR) is 91.4 cm³/mol. The van der Waals surface area contributed by atoms with Crippen LogP contribution in [0.15, 0.2) is 0 Å². The molecule has 1 aliphatic rings. The highest BCUT2D eigenvalue weighted by molar-refractivity contribution is 5.08. The van der Waals surface area contributed by atoms with Crippen molar-refractivity contribution in [3.8, 4) is 6.07 Å². The van der Waals surface area contributed by atoms with Crippen molar-refractivity contribution >= 4 is 0 Å². The van der Waals surface area contributed by atoms with Crippen molar-refractivity contribution < 1.29 is 0 Å². The van der Waals surface area contributed by atoms with Crippen molar-refractivity contribution in [1.29, 1.82) is 5.26 Å². The minimum Gasteiger partial charge on any atom is -0.309 e. The van der Waals surface area contributed by atoms with Gasteiger partial charge >= 0.3 is 0 Å². The fourth-order valence-electron chi connectivity index (χ4n) is 2.69. The standard InChI is InChI=1S/C15H30N4.C2H6/c1-17-15(14-16)8-12-19(13-9-15)11-7-5-4-6-10-18(2)3;1-2/h17H,4-13H2,1-3H3;1-2H3. The zero-order valence-electron chi connectivity index (χ0n) is 14.9. The number of hydrogen-bond donors (Lipinski definition) is 1. The third-order valence-electron chi connectivity index (χ3n) is 4.23. The molecule has 0 amide bonds. The summed E-state index contributed by atoms with van der Waals surface area (Å²) in [6.45, 7) is 8.53. The second-order valence-corrected chi connectivity index (χ2v) is 6.00. The first kappa shape index (κ1) is 20.4. The van der Waals surface area contributed by atoms with Crippen molar-refractivity contribution in [3.05, 3.63) is 0 Å². The van der Waals surface area contributed by atoms with Gasteiger partial charge in [0.15, 0.2) is 0 Å². The lowest BCUT2D eigenvalue weighted by molar-refractivity contribution is 0.169. The van der Waals surface area contributed by atoms with Gasteiger partial charge in [-0.05, 0) is 59.9 Å². The predicted octanol–water partition coefficient (Wildman–Crippen LogP) is 2.71. The van der Waals surface area contributed by atoms with Crippen LogP contribution in [0.4, 0.5) is 0 Å². The van der Waals surface area contributed by atoms with Crippen LogP contribution in [0.3, 0.4) is 0 Å². The third-order valence-corrected chi connectivity index (χ3v) is 4.23. The third kappa shape index (κ3) is 8.40. The van der Waals surface area contributed by atoms with E-state index in [1.54, 1.807) is 0 Å². The Morgan fingerprint density at radius 3 is 2.14 bits per heavy atom. The number of nitrogens with zero attached hydrogens (tertiary/aromatic N) is 3. The number of rotatable bonds is 8. The lowest BCUT2D eigenvalue weighted by Crippen LogP contribution is -2.51. The van der Waals surface area contributed by atoms with E-state index < -0.39 is 0 Å². The van der Waals surface area contributed by atoms with Crippen LogP contribution in [0.2, 0.25) is 0 Å². The Kier molecular flexibility index (Phi) is 11.6. The van der Waals surface area contributed by atoms with Gasteiger partial charge in [-0.2, -0.15) is 5.26 Å². The molecule has 0 aromatic heterocycles. The molecule has 1 N–H and O–H groups in total. The first-order valence-electron chi connectivity index (χ1n) is 8.59. The molecule has 1 rings (SSSR count). The van der Waals surface area contributed by atoms with Crippen LogP contribution in [-0.2, 0) is 0 Å². The molecular formula is C17H36N4. The van der Waals surface area contributed by atoms with E-state index in [9.17, 15) is 5.26 Å². The van der Waals surface area contributed by atoms with Crippen LogP contribution in [0.5, 0.6) is 0 Å². The molecule has 0 aromatic carbocycles. The molecule has 0 atom stereocenters. The Labute approximate surface area is 132 Å². The topological polar surface area (TPSA) is 42.3 Å². The van der Waals surface area contributed by atoms with E-state index in [0.29, 0.717) is 0 Å². The molecule has 0 saturated carbocycles. The van der Waals surface area contributed by atoms with Gasteiger partial charge < -0.3 is 15.1 Å². The van der Waals surface area contributed by atoms with Gasteiger partial charge in [-0.15, -0.1) is 0 Å². The minimum atomic E-state index is -0.262. The molecule has 124 valence electrons. The molecule has 0 unspecified atom stereocenters. The van der Waals surface area contributed by atoms with Crippen LogP contribution in [-0.4, -0.2) is 62.7 Å². The second-order valence-electron chi connectivity index (χ2n) is 6.00. The van der Waals surface area contributed by atoms with Crippen molar-refractivity contribution in [3.63, 3.8) is 0 Å². The summed E-state index contributed by atoms with van der Waals surface area (Å²) in [7, 11) is 6.18. The molecular weight excluding hydrogens is 260 g/mol. The van der Waals surface area contributed by atoms with Crippen LogP contribution in [0, 0.1) is 11.3 Å². The highest BCUT2D eigenvalue weighted by atomic mass is 15.1. The number of nitrogens with one attached hydrogen (secondary N) is 1. The average Bonchev–Trinajstić information content (AvgIpc) is 2.53. The van der Waals surface area contributed by atoms with Crippen LogP contribution >= 0.6 is 0 Å². The Morgan fingerprint density at radius 2 is 1.67 bits per heavy atom. The van der Waals surface area contributed by atoms with Crippen LogP contribution in [0.1, 0.15) is 52.4 Å². The highest BCUT2D eigenvalue weighted by Gasteiger charge is 2.32. The first-order valence-corrected chi connectivity index (χ1v) is 8.59. The Balaban J connectivity index is 0.00000191. The van der Waals surface area contributed by atoms with Crippen LogP contribution < -0.4 is 5.32 Å². The monoisotopic (exact) mass is 296 g/mol. The minimum absolute atomic E-state index is 0.262. The van der Waals surface area contributed by atoms with Gasteiger partial charge in [0.25, 0.3) is 0 Å². The maximum absolute atomic E-state index is 9.21. The molecule has 0 aromatic rings. The highest BCUT2D eigenvalue weighted by Crippen LogP contribution is 2.21. The van der Waals surface area contributed by atoms with Crippen LogP contribution in [0.25, 0.3) is 0 Å². The summed E-state index contributed by atoms with van der Waals surface area (Å²) < 4.78 is 0. The van der Waals surface area contributed by atoms with Gasteiger partial charge in [0.05, 0.1) is 6.07 Å². The summed E-state index contributed by atoms with van der Waals surface area (Å²) in [5, 5.41) is 12.4. The lowest BCUT2D eigenvalue weighted by atomic mass is 9.89. The maximum Gasteiger partial charge on any atom is 0.108 e. The molecule has 21 heavy (non-hydrogen) atoms. The maximum atomic E-state index is 9.21. The number of hydrogen-bond acceptors (Lipinski definition) is 4. The van der Waals surface area contributed by atoms with E-state index >= 15 is 0 Å². The molecule has 1 heterocycles. The fraction of sp³-hybridized carbons (Fsp3) is 0.941. The molecule has 1 fully saturated rings. The molecule has 1 aliphatic heterocycles. The molecule has 4 nitrogen and oxygen atoms in total. The van der Waals surface area contributed by atoms with Gasteiger partial charge in [0.1, 0.15) is 5.54 Å². The average molecular weight is 297 g/mol. The summed E-state index contributed by atoms with van der Waals surface area (Å²) in [6.07, 6.45) is 7.20. The van der Waals surface area contributed by atoms with E-state index in [2.05, 4.69) is 35.3 Å². The van der Waals surface area contributed by atoms with Crippen molar-refractivity contribution in [2.24, 2.45) is 0 Å². The Bertz CT molecular complexity index is 275. The summed E-state index contributed by atoms with van der Waals surface area (Å²) in [4.78, 5) is 4.77. The number of nitriles is 1. The van der Waals surface area contributed by atoms with E-state index in [4.69, 9.17) is 0 Å². The molecule has 0 radical (unpaired) electrons. The Hall–Kier alpha value is -0.630. The molecule has 0 bridgehead atoms. The smallest absolute Gasteiger partial charge is 0.108 e. The van der Waals surface area contributed by atoms with Crippen molar-refractivity contribution in [1.82, 2.24) is 15.1 Å². The Morgan fingerprint density at radius 1 is 1.10 bits per heavy atom. The van der Waals surface area contributed by atoms with E-state index in [0.717, 1.165) is 25.9 Å². The molecule has 4 heteroatoms. The van der Waals surface area contributed by atoms with E-state index in [1.165, 1.54) is 38.8 Å². The van der Waals surface area contributed by atoms with Gasteiger partial charge in [-0.3, -0.25) is 0 Å². The largest absolute Gasteiger partial charge is 0.309 e. The summed E-state index contributed by atoms with van der Waals surface area (Å²) in [5.41, 5.74) is -0.262. The summed E-state index contributed by atoms with van der Waals surface area (Å²) in [6, 6.07) is 2.44.